The highest BCUT2D eigenvalue weighted by molar-refractivity contribution is 6.05. The molecule has 28 heavy (non-hydrogen) atoms. The molecule has 0 saturated heterocycles. The van der Waals surface area contributed by atoms with Gasteiger partial charge in [0, 0.05) is 18.3 Å². The van der Waals surface area contributed by atoms with E-state index >= 15 is 0 Å². The van der Waals surface area contributed by atoms with Gasteiger partial charge in [-0.15, -0.1) is 13.2 Å². The fourth-order valence-electron chi connectivity index (χ4n) is 2.80. The molecule has 0 saturated carbocycles. The van der Waals surface area contributed by atoms with Gasteiger partial charge in [-0.25, -0.2) is 9.67 Å². The first-order chi connectivity index (χ1) is 13.1. The molecule has 0 aliphatic carbocycles. The van der Waals surface area contributed by atoms with Gasteiger partial charge in [0.05, 0.1) is 17.1 Å². The minimum Gasteiger partial charge on any atom is -0.406 e. The van der Waals surface area contributed by atoms with Crippen molar-refractivity contribution in [3.8, 4) is 5.75 Å². The number of benzene rings is 1. The van der Waals surface area contributed by atoms with Crippen molar-refractivity contribution in [2.24, 2.45) is 0 Å². The van der Waals surface area contributed by atoms with Gasteiger partial charge in [0.1, 0.15) is 5.75 Å². The monoisotopic (exact) mass is 392 g/mol. The highest BCUT2D eigenvalue weighted by Gasteiger charge is 2.30. The number of aryl methyl sites for hydroxylation is 1. The van der Waals surface area contributed by atoms with E-state index in [-0.39, 0.29) is 24.2 Å². The van der Waals surface area contributed by atoms with Gasteiger partial charge in [-0.05, 0) is 44.5 Å². The molecular weight excluding hydrogens is 373 g/mol. The van der Waals surface area contributed by atoms with Gasteiger partial charge in [-0.1, -0.05) is 12.1 Å². The van der Waals surface area contributed by atoms with Gasteiger partial charge in [-0.2, -0.15) is 5.10 Å². The lowest BCUT2D eigenvalue weighted by atomic mass is 10.1. The summed E-state index contributed by atoms with van der Waals surface area (Å²) in [7, 11) is 0. The van der Waals surface area contributed by atoms with Crippen molar-refractivity contribution < 1.29 is 22.7 Å². The van der Waals surface area contributed by atoms with Crippen LogP contribution in [0.25, 0.3) is 11.0 Å². The predicted octanol–water partition coefficient (Wildman–Crippen LogP) is 4.15. The summed E-state index contributed by atoms with van der Waals surface area (Å²) in [4.78, 5) is 17.1. The smallest absolute Gasteiger partial charge is 0.406 e. The molecular formula is C19H19F3N4O2. The standard InChI is InChI=1S/C19H19F3N4O2/c1-11(2)26-17-16(10-24-26)15(8-12(3)25-17)18(27)23-9-13-4-6-14(7-5-13)28-19(20,21)22/h4-8,10-11H,9H2,1-3H3,(H,23,27). The van der Waals surface area contributed by atoms with E-state index in [1.165, 1.54) is 24.3 Å². The third kappa shape index (κ3) is 4.41. The zero-order valence-corrected chi connectivity index (χ0v) is 15.5. The van der Waals surface area contributed by atoms with E-state index in [1.54, 1.807) is 23.9 Å². The first-order valence-electron chi connectivity index (χ1n) is 8.62. The van der Waals surface area contributed by atoms with E-state index < -0.39 is 6.36 Å². The van der Waals surface area contributed by atoms with Gasteiger partial charge < -0.3 is 10.1 Å². The Morgan fingerprint density at radius 3 is 2.54 bits per heavy atom. The first kappa shape index (κ1) is 19.7. The number of carbonyl (C=O) groups excluding carboxylic acids is 1. The number of alkyl halides is 3. The van der Waals surface area contributed by atoms with Crippen LogP contribution in [-0.4, -0.2) is 27.0 Å². The number of rotatable bonds is 5. The Morgan fingerprint density at radius 1 is 1.25 bits per heavy atom. The van der Waals surface area contributed by atoms with Gasteiger partial charge >= 0.3 is 6.36 Å². The molecule has 1 amide bonds. The minimum absolute atomic E-state index is 0.0974. The molecule has 0 bridgehead atoms. The van der Waals surface area contributed by atoms with Crippen LogP contribution in [0, 0.1) is 6.92 Å². The Labute approximate surface area is 159 Å². The molecule has 0 aliphatic heterocycles. The SMILES string of the molecule is Cc1cc(C(=O)NCc2ccc(OC(F)(F)F)cc2)c2cnn(C(C)C)c2n1. The van der Waals surface area contributed by atoms with Crippen LogP contribution in [0.3, 0.4) is 0 Å². The normalized spacial score (nSPS) is 11.8. The molecule has 148 valence electrons. The quantitative estimate of drug-likeness (QED) is 0.708. The third-order valence-corrected chi connectivity index (χ3v) is 4.04. The molecule has 6 nitrogen and oxygen atoms in total. The van der Waals surface area contributed by atoms with E-state index in [4.69, 9.17) is 0 Å². The van der Waals surface area contributed by atoms with Gasteiger partial charge in [-0.3, -0.25) is 4.79 Å². The number of nitrogens with zero attached hydrogens (tertiary/aromatic N) is 3. The number of fused-ring (bicyclic) bond motifs is 1. The molecule has 2 aromatic heterocycles. The van der Waals surface area contributed by atoms with Gasteiger partial charge in [0.15, 0.2) is 5.65 Å². The lowest BCUT2D eigenvalue weighted by Gasteiger charge is -2.11. The highest BCUT2D eigenvalue weighted by Crippen LogP contribution is 2.23. The van der Waals surface area contributed by atoms with Crippen LogP contribution in [0.15, 0.2) is 36.5 Å². The molecule has 3 aromatic rings. The first-order valence-corrected chi connectivity index (χ1v) is 8.62. The minimum atomic E-state index is -4.74. The Kier molecular flexibility index (Phi) is 5.26. The maximum atomic E-state index is 12.7. The van der Waals surface area contributed by atoms with E-state index in [2.05, 4.69) is 20.1 Å². The number of pyridine rings is 1. The molecule has 0 atom stereocenters. The van der Waals surface area contributed by atoms with E-state index in [9.17, 15) is 18.0 Å². The van der Waals surface area contributed by atoms with Crippen molar-refractivity contribution in [3.63, 3.8) is 0 Å². The van der Waals surface area contributed by atoms with Gasteiger partial charge in [0.2, 0.25) is 0 Å². The number of amides is 1. The molecule has 0 aliphatic rings. The molecule has 0 unspecified atom stereocenters. The maximum Gasteiger partial charge on any atom is 0.573 e. The Morgan fingerprint density at radius 2 is 1.93 bits per heavy atom. The maximum absolute atomic E-state index is 12.7. The van der Waals surface area contributed by atoms with Crippen molar-refractivity contribution in [1.82, 2.24) is 20.1 Å². The van der Waals surface area contributed by atoms with Crippen LogP contribution in [0.5, 0.6) is 5.75 Å². The Balaban J connectivity index is 1.75. The lowest BCUT2D eigenvalue weighted by Crippen LogP contribution is -2.23. The second kappa shape index (κ2) is 7.49. The molecule has 0 radical (unpaired) electrons. The van der Waals surface area contributed by atoms with E-state index in [0.29, 0.717) is 27.9 Å². The second-order valence-corrected chi connectivity index (χ2v) is 6.61. The Hall–Kier alpha value is -3.10. The second-order valence-electron chi connectivity index (χ2n) is 6.61. The summed E-state index contributed by atoms with van der Waals surface area (Å²) in [6.45, 7) is 5.91. The summed E-state index contributed by atoms with van der Waals surface area (Å²) < 4.78 is 42.2. The highest BCUT2D eigenvalue weighted by atomic mass is 19.4. The number of carbonyl (C=O) groups is 1. The van der Waals surface area contributed by atoms with Crippen molar-refractivity contribution in [1.29, 1.82) is 0 Å². The number of aromatic nitrogens is 3. The summed E-state index contributed by atoms with van der Waals surface area (Å²) in [5.74, 6) is -0.621. The fraction of sp³-hybridized carbons (Fsp3) is 0.316. The molecule has 1 aromatic carbocycles. The van der Waals surface area contributed by atoms with Crippen LogP contribution in [-0.2, 0) is 6.54 Å². The molecule has 9 heteroatoms. The van der Waals surface area contributed by atoms with Crippen LogP contribution < -0.4 is 10.1 Å². The summed E-state index contributed by atoms with van der Waals surface area (Å²) in [5, 5.41) is 7.72. The van der Waals surface area contributed by atoms with E-state index in [1.807, 2.05) is 13.8 Å². The summed E-state index contributed by atoms with van der Waals surface area (Å²) >= 11 is 0. The number of hydrogen-bond acceptors (Lipinski definition) is 4. The fourth-order valence-corrected chi connectivity index (χ4v) is 2.80. The summed E-state index contributed by atoms with van der Waals surface area (Å²) in [6.07, 6.45) is -3.12. The predicted molar refractivity (Wildman–Crippen MR) is 96.9 cm³/mol. The topological polar surface area (TPSA) is 69.0 Å². The molecule has 0 spiro atoms. The number of halogens is 3. The average Bonchev–Trinajstić information content (AvgIpc) is 3.02. The van der Waals surface area contributed by atoms with Crippen molar-refractivity contribution in [3.05, 3.63) is 53.3 Å². The van der Waals surface area contributed by atoms with E-state index in [0.717, 1.165) is 0 Å². The van der Waals surface area contributed by atoms with Crippen LogP contribution in [0.2, 0.25) is 0 Å². The Bertz CT molecular complexity index is 995. The third-order valence-electron chi connectivity index (χ3n) is 4.04. The number of ether oxygens (including phenoxy) is 1. The molecule has 2 heterocycles. The number of hydrogen-bond donors (Lipinski definition) is 1. The summed E-state index contributed by atoms with van der Waals surface area (Å²) in [5.41, 5.74) is 2.41. The molecule has 0 fully saturated rings. The summed E-state index contributed by atoms with van der Waals surface area (Å²) in [6, 6.07) is 7.12. The van der Waals surface area contributed by atoms with Crippen molar-refractivity contribution in [2.75, 3.05) is 0 Å². The molecule has 3 rings (SSSR count). The van der Waals surface area contributed by atoms with Crippen LogP contribution in [0.1, 0.15) is 41.5 Å². The lowest BCUT2D eigenvalue weighted by molar-refractivity contribution is -0.274. The molecule has 1 N–H and O–H groups in total. The van der Waals surface area contributed by atoms with Crippen molar-refractivity contribution >= 4 is 16.9 Å². The van der Waals surface area contributed by atoms with Crippen LogP contribution >= 0.6 is 0 Å². The van der Waals surface area contributed by atoms with Gasteiger partial charge in [0.25, 0.3) is 5.91 Å². The number of nitrogens with one attached hydrogen (secondary N) is 1. The average molecular weight is 392 g/mol. The largest absolute Gasteiger partial charge is 0.573 e. The zero-order valence-electron chi connectivity index (χ0n) is 15.5. The van der Waals surface area contributed by atoms with Crippen LogP contribution in [0.4, 0.5) is 13.2 Å². The van der Waals surface area contributed by atoms with Crippen molar-refractivity contribution in [2.45, 2.75) is 39.7 Å². The zero-order chi connectivity index (χ0) is 20.5.